The Morgan fingerprint density at radius 2 is 2.04 bits per heavy atom. The van der Waals surface area contributed by atoms with E-state index in [0.717, 1.165) is 19.4 Å². The Labute approximate surface area is 139 Å². The highest BCUT2D eigenvalue weighted by Crippen LogP contribution is 2.24. The summed E-state index contributed by atoms with van der Waals surface area (Å²) in [6.45, 7) is 5.52. The number of rotatable bonds is 5. The van der Waals surface area contributed by atoms with Crippen LogP contribution in [0.2, 0.25) is 0 Å². The normalized spacial score (nSPS) is 19.1. The standard InChI is InChI=1S/C17H26N2O3S/c1-13(2)23(21,22)16-9-5-4-8-15(16)17(20)19-10-6-7-14(12-19)11-18-3/h4-5,8-9,13-14,18H,6-7,10-12H2,1-3H3. The monoisotopic (exact) mass is 338 g/mol. The van der Waals surface area contributed by atoms with Crippen molar-refractivity contribution in [2.75, 3.05) is 26.7 Å². The number of nitrogens with one attached hydrogen (secondary N) is 1. The highest BCUT2D eigenvalue weighted by atomic mass is 32.2. The minimum Gasteiger partial charge on any atom is -0.338 e. The van der Waals surface area contributed by atoms with Crippen molar-refractivity contribution in [1.82, 2.24) is 10.2 Å². The second kappa shape index (κ2) is 7.45. The fourth-order valence-electron chi connectivity index (χ4n) is 3.02. The average molecular weight is 338 g/mol. The molecule has 1 aromatic carbocycles. The molecule has 2 rings (SSSR count). The smallest absolute Gasteiger partial charge is 0.255 e. The first-order chi connectivity index (χ1) is 10.9. The summed E-state index contributed by atoms with van der Waals surface area (Å²) in [5.74, 6) is 0.247. The number of benzene rings is 1. The first kappa shape index (κ1) is 17.9. The molecule has 1 N–H and O–H groups in total. The van der Waals surface area contributed by atoms with Gasteiger partial charge < -0.3 is 10.2 Å². The molecule has 23 heavy (non-hydrogen) atoms. The third-order valence-corrected chi connectivity index (χ3v) is 6.55. The van der Waals surface area contributed by atoms with E-state index < -0.39 is 15.1 Å². The molecule has 1 aliphatic heterocycles. The number of nitrogens with zero attached hydrogens (tertiary/aromatic N) is 1. The number of carbonyl (C=O) groups is 1. The largest absolute Gasteiger partial charge is 0.338 e. The molecule has 128 valence electrons. The van der Waals surface area contributed by atoms with Gasteiger partial charge in [-0.1, -0.05) is 12.1 Å². The van der Waals surface area contributed by atoms with Crippen molar-refractivity contribution in [3.63, 3.8) is 0 Å². The quantitative estimate of drug-likeness (QED) is 0.891. The van der Waals surface area contributed by atoms with Crippen LogP contribution in [-0.4, -0.2) is 51.2 Å². The van der Waals surface area contributed by atoms with Gasteiger partial charge in [0.2, 0.25) is 0 Å². The van der Waals surface area contributed by atoms with Crippen molar-refractivity contribution in [2.45, 2.75) is 36.8 Å². The number of carbonyl (C=O) groups excluding carboxylic acids is 1. The fourth-order valence-corrected chi connectivity index (χ4v) is 4.26. The van der Waals surface area contributed by atoms with Crippen LogP contribution in [0.15, 0.2) is 29.2 Å². The highest BCUT2D eigenvalue weighted by molar-refractivity contribution is 7.92. The van der Waals surface area contributed by atoms with Gasteiger partial charge in [-0.25, -0.2) is 8.42 Å². The van der Waals surface area contributed by atoms with Gasteiger partial charge in [0.25, 0.3) is 5.91 Å². The van der Waals surface area contributed by atoms with Crippen LogP contribution in [0.1, 0.15) is 37.0 Å². The summed E-state index contributed by atoms with van der Waals surface area (Å²) in [6.07, 6.45) is 2.05. The van der Waals surface area contributed by atoms with E-state index in [9.17, 15) is 13.2 Å². The highest BCUT2D eigenvalue weighted by Gasteiger charge is 2.29. The van der Waals surface area contributed by atoms with Crippen molar-refractivity contribution in [3.05, 3.63) is 29.8 Å². The molecule has 6 heteroatoms. The van der Waals surface area contributed by atoms with E-state index in [1.54, 1.807) is 36.9 Å². The SMILES string of the molecule is CNCC1CCCN(C(=O)c2ccccc2S(=O)(=O)C(C)C)C1. The molecule has 0 bridgehead atoms. The summed E-state index contributed by atoms with van der Waals surface area (Å²) in [6, 6.07) is 6.56. The average Bonchev–Trinajstić information content (AvgIpc) is 2.54. The van der Waals surface area contributed by atoms with E-state index in [4.69, 9.17) is 0 Å². The van der Waals surface area contributed by atoms with Gasteiger partial charge in [0.15, 0.2) is 9.84 Å². The number of amides is 1. The molecule has 1 amide bonds. The molecule has 0 aromatic heterocycles. The minimum absolute atomic E-state index is 0.149. The summed E-state index contributed by atoms with van der Waals surface area (Å²) in [4.78, 5) is 14.8. The van der Waals surface area contributed by atoms with Gasteiger partial charge in [-0.2, -0.15) is 0 Å². The lowest BCUT2D eigenvalue weighted by Gasteiger charge is -2.33. The first-order valence-electron chi connectivity index (χ1n) is 8.14. The Morgan fingerprint density at radius 3 is 2.70 bits per heavy atom. The lowest BCUT2D eigenvalue weighted by Crippen LogP contribution is -2.43. The molecule has 1 atom stereocenters. The van der Waals surface area contributed by atoms with Gasteiger partial charge in [-0.05, 0) is 58.3 Å². The maximum absolute atomic E-state index is 12.9. The second-order valence-corrected chi connectivity index (χ2v) is 8.88. The molecule has 1 aliphatic rings. The predicted molar refractivity (Wildman–Crippen MR) is 91.3 cm³/mol. The Kier molecular flexibility index (Phi) is 5.81. The van der Waals surface area contributed by atoms with E-state index in [-0.39, 0.29) is 10.8 Å². The molecule has 0 saturated carbocycles. The number of likely N-dealkylation sites (tertiary alicyclic amines) is 1. The third-order valence-electron chi connectivity index (χ3n) is 4.34. The van der Waals surface area contributed by atoms with Crippen molar-refractivity contribution >= 4 is 15.7 Å². The summed E-state index contributed by atoms with van der Waals surface area (Å²) < 4.78 is 25.1. The zero-order valence-electron chi connectivity index (χ0n) is 14.1. The molecule has 1 saturated heterocycles. The van der Waals surface area contributed by atoms with Crippen LogP contribution in [-0.2, 0) is 9.84 Å². The van der Waals surface area contributed by atoms with Crippen LogP contribution in [0.25, 0.3) is 0 Å². The van der Waals surface area contributed by atoms with Crippen LogP contribution in [0.4, 0.5) is 0 Å². The molecule has 5 nitrogen and oxygen atoms in total. The Hall–Kier alpha value is -1.40. The molecule has 1 aromatic rings. The number of sulfone groups is 1. The molecular formula is C17H26N2O3S. The summed E-state index contributed by atoms with van der Waals surface area (Å²) >= 11 is 0. The van der Waals surface area contributed by atoms with Gasteiger partial charge in [-0.3, -0.25) is 4.79 Å². The van der Waals surface area contributed by atoms with Crippen molar-refractivity contribution in [2.24, 2.45) is 5.92 Å². The molecule has 1 unspecified atom stereocenters. The Bertz CT molecular complexity index is 654. The van der Waals surface area contributed by atoms with Gasteiger partial charge in [0.1, 0.15) is 0 Å². The van der Waals surface area contributed by atoms with Crippen LogP contribution >= 0.6 is 0 Å². The van der Waals surface area contributed by atoms with Crippen molar-refractivity contribution in [3.8, 4) is 0 Å². The van der Waals surface area contributed by atoms with Gasteiger partial charge >= 0.3 is 0 Å². The fraction of sp³-hybridized carbons (Fsp3) is 0.588. The first-order valence-corrected chi connectivity index (χ1v) is 9.69. The lowest BCUT2D eigenvalue weighted by molar-refractivity contribution is 0.0670. The van der Waals surface area contributed by atoms with Gasteiger partial charge in [0, 0.05) is 13.1 Å². The van der Waals surface area contributed by atoms with Gasteiger partial charge in [0.05, 0.1) is 15.7 Å². The molecule has 1 fully saturated rings. The molecular weight excluding hydrogens is 312 g/mol. The van der Waals surface area contributed by atoms with E-state index in [1.807, 2.05) is 7.05 Å². The van der Waals surface area contributed by atoms with E-state index in [0.29, 0.717) is 24.6 Å². The predicted octanol–water partition coefficient (Wildman–Crippen LogP) is 1.94. The molecule has 1 heterocycles. The zero-order valence-corrected chi connectivity index (χ0v) is 14.9. The lowest BCUT2D eigenvalue weighted by atomic mass is 9.97. The van der Waals surface area contributed by atoms with Crippen LogP contribution in [0.3, 0.4) is 0 Å². The molecule has 0 spiro atoms. The minimum atomic E-state index is -3.47. The van der Waals surface area contributed by atoms with E-state index >= 15 is 0 Å². The number of hydrogen-bond donors (Lipinski definition) is 1. The topological polar surface area (TPSA) is 66.5 Å². The third kappa shape index (κ3) is 3.93. The van der Waals surface area contributed by atoms with E-state index in [1.165, 1.54) is 6.07 Å². The van der Waals surface area contributed by atoms with Crippen LogP contribution < -0.4 is 5.32 Å². The van der Waals surface area contributed by atoms with Crippen molar-refractivity contribution < 1.29 is 13.2 Å². The summed E-state index contributed by atoms with van der Waals surface area (Å²) in [5, 5.41) is 2.61. The maximum Gasteiger partial charge on any atom is 0.255 e. The van der Waals surface area contributed by atoms with Crippen LogP contribution in [0, 0.1) is 5.92 Å². The Balaban J connectivity index is 2.30. The molecule has 0 radical (unpaired) electrons. The van der Waals surface area contributed by atoms with E-state index in [2.05, 4.69) is 5.32 Å². The van der Waals surface area contributed by atoms with Crippen molar-refractivity contribution in [1.29, 1.82) is 0 Å². The Morgan fingerprint density at radius 1 is 1.35 bits per heavy atom. The summed E-state index contributed by atoms with van der Waals surface area (Å²) in [7, 11) is -1.57. The van der Waals surface area contributed by atoms with Crippen LogP contribution in [0.5, 0.6) is 0 Å². The maximum atomic E-state index is 12.9. The zero-order chi connectivity index (χ0) is 17.0. The van der Waals surface area contributed by atoms with Gasteiger partial charge in [-0.15, -0.1) is 0 Å². The number of piperidine rings is 1. The second-order valence-electron chi connectivity index (χ2n) is 6.41. The molecule has 0 aliphatic carbocycles. The summed E-state index contributed by atoms with van der Waals surface area (Å²) in [5.41, 5.74) is 0.298. The number of hydrogen-bond acceptors (Lipinski definition) is 4.